The highest BCUT2D eigenvalue weighted by Crippen LogP contribution is 2.20. The summed E-state index contributed by atoms with van der Waals surface area (Å²) in [4.78, 5) is 19.2. The topological polar surface area (TPSA) is 67.0 Å². The molecule has 0 aliphatic carbocycles. The summed E-state index contributed by atoms with van der Waals surface area (Å²) >= 11 is 0. The van der Waals surface area contributed by atoms with Crippen LogP contribution in [0.3, 0.4) is 0 Å². The number of aromatic nitrogens is 2. The maximum Gasteiger partial charge on any atom is 0.246 e. The zero-order valence-electron chi connectivity index (χ0n) is 11.7. The average Bonchev–Trinajstić information content (AvgIpc) is 2.95. The van der Waals surface area contributed by atoms with Gasteiger partial charge in [0.2, 0.25) is 5.91 Å². The van der Waals surface area contributed by atoms with Crippen molar-refractivity contribution in [2.24, 2.45) is 0 Å². The maximum atomic E-state index is 11.6. The molecule has 0 bridgehead atoms. The predicted octanol–water partition coefficient (Wildman–Crippen LogP) is 2.29. The minimum Gasteiger partial charge on any atom is -0.375 e. The molecule has 5 nitrogen and oxygen atoms in total. The second-order valence-corrected chi connectivity index (χ2v) is 4.51. The number of hydrogen-bond acceptors (Lipinski definition) is 3. The Morgan fingerprint density at radius 3 is 2.80 bits per heavy atom. The van der Waals surface area contributed by atoms with E-state index in [1.807, 2.05) is 37.3 Å². The second-order valence-electron chi connectivity index (χ2n) is 4.51. The molecule has 2 N–H and O–H groups in total. The van der Waals surface area contributed by atoms with Crippen LogP contribution in [0.5, 0.6) is 0 Å². The van der Waals surface area contributed by atoms with Crippen LogP contribution in [0.1, 0.15) is 25.2 Å². The molecule has 106 valence electrons. The quantitative estimate of drug-likeness (QED) is 0.848. The van der Waals surface area contributed by atoms with Crippen LogP contribution < -0.4 is 5.32 Å². The van der Waals surface area contributed by atoms with Crippen molar-refractivity contribution >= 4 is 5.91 Å². The highest BCUT2D eigenvalue weighted by Gasteiger charge is 2.16. The van der Waals surface area contributed by atoms with E-state index in [9.17, 15) is 4.79 Å². The standard InChI is InChI=1S/C15H19N3O2/c1-3-12(17-14(19)10-20-2)15-16-9-13(18-15)11-7-5-4-6-8-11/h4-9,12H,3,10H2,1-2H3,(H,16,18)(H,17,19). The third-order valence-corrected chi connectivity index (χ3v) is 3.03. The van der Waals surface area contributed by atoms with Gasteiger partial charge in [0.05, 0.1) is 17.9 Å². The fourth-order valence-corrected chi connectivity index (χ4v) is 2.01. The Morgan fingerprint density at radius 1 is 1.40 bits per heavy atom. The molecule has 0 aliphatic rings. The zero-order valence-corrected chi connectivity index (χ0v) is 11.7. The van der Waals surface area contributed by atoms with Crippen molar-refractivity contribution in [1.29, 1.82) is 0 Å². The summed E-state index contributed by atoms with van der Waals surface area (Å²) in [5, 5.41) is 2.89. The van der Waals surface area contributed by atoms with E-state index in [1.165, 1.54) is 7.11 Å². The third kappa shape index (κ3) is 3.45. The van der Waals surface area contributed by atoms with Gasteiger partial charge in [-0.25, -0.2) is 4.98 Å². The largest absolute Gasteiger partial charge is 0.375 e. The van der Waals surface area contributed by atoms with Gasteiger partial charge in [0.1, 0.15) is 12.4 Å². The molecule has 1 aromatic heterocycles. The molecule has 5 heteroatoms. The first-order chi connectivity index (χ1) is 9.74. The number of nitrogens with one attached hydrogen (secondary N) is 2. The number of rotatable bonds is 6. The highest BCUT2D eigenvalue weighted by molar-refractivity contribution is 5.77. The third-order valence-electron chi connectivity index (χ3n) is 3.03. The molecule has 2 rings (SSSR count). The molecule has 1 unspecified atom stereocenters. The first-order valence-corrected chi connectivity index (χ1v) is 6.63. The van der Waals surface area contributed by atoms with Gasteiger partial charge in [0, 0.05) is 7.11 Å². The van der Waals surface area contributed by atoms with E-state index >= 15 is 0 Å². The van der Waals surface area contributed by atoms with Crippen LogP contribution in [0, 0.1) is 0 Å². The Morgan fingerprint density at radius 2 is 2.15 bits per heavy atom. The normalized spacial score (nSPS) is 12.1. The van der Waals surface area contributed by atoms with Crippen molar-refractivity contribution in [3.63, 3.8) is 0 Å². The Hall–Kier alpha value is -2.14. The number of H-pyrrole nitrogens is 1. The summed E-state index contributed by atoms with van der Waals surface area (Å²) in [6.45, 7) is 2.06. The summed E-state index contributed by atoms with van der Waals surface area (Å²) in [7, 11) is 1.50. The van der Waals surface area contributed by atoms with E-state index in [0.717, 1.165) is 23.5 Å². The van der Waals surface area contributed by atoms with E-state index < -0.39 is 0 Å². The van der Waals surface area contributed by atoms with Gasteiger partial charge in [-0.1, -0.05) is 37.3 Å². The van der Waals surface area contributed by atoms with E-state index in [4.69, 9.17) is 4.74 Å². The van der Waals surface area contributed by atoms with E-state index in [2.05, 4.69) is 15.3 Å². The number of nitrogens with zero attached hydrogens (tertiary/aromatic N) is 1. The lowest BCUT2D eigenvalue weighted by Gasteiger charge is -2.14. The van der Waals surface area contributed by atoms with Crippen LogP contribution in [0.25, 0.3) is 11.3 Å². The fourth-order valence-electron chi connectivity index (χ4n) is 2.01. The molecular formula is C15H19N3O2. The minimum absolute atomic E-state index is 0.0583. The molecule has 0 spiro atoms. The predicted molar refractivity (Wildman–Crippen MR) is 77.1 cm³/mol. The molecule has 1 amide bonds. The molecule has 0 saturated carbocycles. The number of amides is 1. The van der Waals surface area contributed by atoms with E-state index in [-0.39, 0.29) is 18.6 Å². The highest BCUT2D eigenvalue weighted by atomic mass is 16.5. The number of carbonyl (C=O) groups excluding carboxylic acids is 1. The van der Waals surface area contributed by atoms with Gasteiger partial charge < -0.3 is 15.0 Å². The van der Waals surface area contributed by atoms with Crippen molar-refractivity contribution < 1.29 is 9.53 Å². The Labute approximate surface area is 118 Å². The first-order valence-electron chi connectivity index (χ1n) is 6.63. The van der Waals surface area contributed by atoms with Crippen LogP contribution in [0.15, 0.2) is 36.5 Å². The monoisotopic (exact) mass is 273 g/mol. The zero-order chi connectivity index (χ0) is 14.4. The van der Waals surface area contributed by atoms with Crippen LogP contribution >= 0.6 is 0 Å². The van der Waals surface area contributed by atoms with Gasteiger partial charge >= 0.3 is 0 Å². The van der Waals surface area contributed by atoms with Crippen LogP contribution in [-0.4, -0.2) is 29.6 Å². The number of benzene rings is 1. The summed E-state index contributed by atoms with van der Waals surface area (Å²) in [6.07, 6.45) is 2.55. The van der Waals surface area contributed by atoms with Gasteiger partial charge in [-0.15, -0.1) is 0 Å². The number of imidazole rings is 1. The Bertz CT molecular complexity index is 551. The van der Waals surface area contributed by atoms with Crippen LogP contribution in [0.2, 0.25) is 0 Å². The summed E-state index contributed by atoms with van der Waals surface area (Å²) in [6, 6.07) is 9.83. The lowest BCUT2D eigenvalue weighted by Crippen LogP contribution is -2.31. The number of aromatic amines is 1. The van der Waals surface area contributed by atoms with Crippen molar-refractivity contribution in [2.75, 3.05) is 13.7 Å². The number of carbonyl (C=O) groups is 1. The second kappa shape index (κ2) is 6.86. The van der Waals surface area contributed by atoms with Crippen molar-refractivity contribution in [1.82, 2.24) is 15.3 Å². The molecule has 2 aromatic rings. The lowest BCUT2D eigenvalue weighted by atomic mass is 10.2. The lowest BCUT2D eigenvalue weighted by molar-refractivity contribution is -0.125. The van der Waals surface area contributed by atoms with E-state index in [1.54, 1.807) is 6.20 Å². The molecular weight excluding hydrogens is 254 g/mol. The van der Waals surface area contributed by atoms with Gasteiger partial charge in [0.25, 0.3) is 0 Å². The molecule has 1 aromatic carbocycles. The van der Waals surface area contributed by atoms with E-state index in [0.29, 0.717) is 0 Å². The Balaban J connectivity index is 2.12. The molecule has 0 fully saturated rings. The fraction of sp³-hybridized carbons (Fsp3) is 0.333. The first kappa shape index (κ1) is 14.3. The molecule has 1 heterocycles. The maximum absolute atomic E-state index is 11.6. The smallest absolute Gasteiger partial charge is 0.246 e. The molecule has 1 atom stereocenters. The molecule has 0 saturated heterocycles. The number of hydrogen-bond donors (Lipinski definition) is 2. The van der Waals surface area contributed by atoms with Crippen LogP contribution in [0.4, 0.5) is 0 Å². The SMILES string of the molecule is CCC(NC(=O)COC)c1ncc(-c2ccccc2)[nH]1. The van der Waals surface area contributed by atoms with Gasteiger partial charge in [-0.2, -0.15) is 0 Å². The number of ether oxygens (including phenoxy) is 1. The van der Waals surface area contributed by atoms with Crippen molar-refractivity contribution in [3.05, 3.63) is 42.4 Å². The molecule has 20 heavy (non-hydrogen) atoms. The summed E-state index contributed by atoms with van der Waals surface area (Å²) in [5.41, 5.74) is 2.02. The van der Waals surface area contributed by atoms with Crippen molar-refractivity contribution in [3.8, 4) is 11.3 Å². The van der Waals surface area contributed by atoms with Gasteiger partial charge in [-0.3, -0.25) is 4.79 Å². The van der Waals surface area contributed by atoms with Crippen molar-refractivity contribution in [2.45, 2.75) is 19.4 Å². The minimum atomic E-state index is -0.142. The molecule has 0 radical (unpaired) electrons. The van der Waals surface area contributed by atoms with Crippen LogP contribution in [-0.2, 0) is 9.53 Å². The average molecular weight is 273 g/mol. The summed E-state index contributed by atoms with van der Waals surface area (Å²) < 4.78 is 4.82. The number of methoxy groups -OCH3 is 1. The van der Waals surface area contributed by atoms with Gasteiger partial charge in [-0.05, 0) is 12.0 Å². The Kier molecular flexibility index (Phi) is 4.90. The molecule has 0 aliphatic heterocycles. The van der Waals surface area contributed by atoms with Gasteiger partial charge in [0.15, 0.2) is 0 Å². The summed E-state index contributed by atoms with van der Waals surface area (Å²) in [5.74, 6) is 0.618.